The third kappa shape index (κ3) is 4.28. The summed E-state index contributed by atoms with van der Waals surface area (Å²) in [5.74, 6) is 2.30. The number of halogens is 1. The number of ether oxygens (including phenoxy) is 1. The van der Waals surface area contributed by atoms with Gasteiger partial charge in [0.15, 0.2) is 0 Å². The summed E-state index contributed by atoms with van der Waals surface area (Å²) >= 11 is 5.90. The predicted molar refractivity (Wildman–Crippen MR) is 109 cm³/mol. The second-order valence-corrected chi connectivity index (χ2v) is 7.76. The Labute approximate surface area is 164 Å². The van der Waals surface area contributed by atoms with Crippen molar-refractivity contribution in [3.05, 3.63) is 59.4 Å². The molecule has 2 aromatic carbocycles. The van der Waals surface area contributed by atoms with Gasteiger partial charge in [-0.1, -0.05) is 43.0 Å². The molecule has 1 aliphatic rings. The van der Waals surface area contributed by atoms with Gasteiger partial charge >= 0.3 is 0 Å². The van der Waals surface area contributed by atoms with Crippen LogP contribution < -0.4 is 4.74 Å². The Morgan fingerprint density at radius 3 is 2.59 bits per heavy atom. The highest BCUT2D eigenvalue weighted by Gasteiger charge is 2.23. The van der Waals surface area contributed by atoms with Gasteiger partial charge < -0.3 is 14.4 Å². The Balaban J connectivity index is 1.51. The van der Waals surface area contributed by atoms with Crippen LogP contribution in [0.5, 0.6) is 5.75 Å². The topological polar surface area (TPSA) is 47.3 Å². The average Bonchev–Trinajstić information content (AvgIpc) is 3.07. The van der Waals surface area contributed by atoms with Crippen LogP contribution in [0.2, 0.25) is 5.02 Å². The van der Waals surface area contributed by atoms with E-state index in [-0.39, 0.29) is 6.61 Å². The number of imidazole rings is 1. The van der Waals surface area contributed by atoms with Gasteiger partial charge in [0.1, 0.15) is 24.3 Å². The van der Waals surface area contributed by atoms with Crippen LogP contribution in [0.3, 0.4) is 0 Å². The molecule has 1 N–H and O–H groups in total. The first-order chi connectivity index (χ1) is 13.2. The van der Waals surface area contributed by atoms with Crippen molar-refractivity contribution >= 4 is 22.6 Å². The zero-order valence-electron chi connectivity index (χ0n) is 15.4. The second-order valence-electron chi connectivity index (χ2n) is 7.32. The molecule has 5 heteroatoms. The van der Waals surface area contributed by atoms with Gasteiger partial charge in [-0.2, -0.15) is 0 Å². The van der Waals surface area contributed by atoms with Gasteiger partial charge in [-0.3, -0.25) is 0 Å². The number of rotatable bonds is 6. The quantitative estimate of drug-likeness (QED) is 0.637. The van der Waals surface area contributed by atoms with Gasteiger partial charge in [-0.15, -0.1) is 0 Å². The highest BCUT2D eigenvalue weighted by molar-refractivity contribution is 6.30. The molecule has 0 spiro atoms. The zero-order chi connectivity index (χ0) is 18.6. The van der Waals surface area contributed by atoms with Crippen LogP contribution in [-0.2, 0) is 6.54 Å². The van der Waals surface area contributed by atoms with Crippen LogP contribution >= 0.6 is 11.6 Å². The normalized spacial score (nSPS) is 16.5. The number of aromatic nitrogens is 2. The standard InChI is InChI=1S/C22H25ClN2O2/c23-17-10-12-19(13-11-17)27-15-18(26)14-25-21-9-5-4-8-20(21)24-22(25)16-6-2-1-3-7-16/h4-5,8-13,16,18,26H,1-3,6-7,14-15H2/t18-/m0/s1. The summed E-state index contributed by atoms with van der Waals surface area (Å²) in [4.78, 5) is 4.91. The molecule has 1 atom stereocenters. The Morgan fingerprint density at radius 2 is 1.81 bits per heavy atom. The summed E-state index contributed by atoms with van der Waals surface area (Å²) in [7, 11) is 0. The first-order valence-electron chi connectivity index (χ1n) is 9.72. The lowest BCUT2D eigenvalue weighted by Gasteiger charge is -2.23. The van der Waals surface area contributed by atoms with E-state index in [2.05, 4.69) is 16.7 Å². The predicted octanol–water partition coefficient (Wildman–Crippen LogP) is 5.18. The van der Waals surface area contributed by atoms with Gasteiger partial charge in [0.25, 0.3) is 0 Å². The molecule has 3 aromatic rings. The maximum atomic E-state index is 10.6. The number of para-hydroxylation sites is 2. The highest BCUT2D eigenvalue weighted by atomic mass is 35.5. The van der Waals surface area contributed by atoms with E-state index in [1.54, 1.807) is 12.1 Å². The fourth-order valence-corrected chi connectivity index (χ4v) is 4.07. The number of fused-ring (bicyclic) bond motifs is 1. The van der Waals surface area contributed by atoms with Gasteiger partial charge in [0.2, 0.25) is 0 Å². The summed E-state index contributed by atoms with van der Waals surface area (Å²) in [6.45, 7) is 0.720. The molecule has 1 heterocycles. The number of aliphatic hydroxyl groups excluding tert-OH is 1. The molecule has 0 aliphatic heterocycles. The molecule has 1 fully saturated rings. The summed E-state index contributed by atoms with van der Waals surface area (Å²) in [6, 6.07) is 15.4. The largest absolute Gasteiger partial charge is 0.491 e. The van der Waals surface area contributed by atoms with Gasteiger partial charge in [-0.25, -0.2) is 4.98 Å². The summed E-state index contributed by atoms with van der Waals surface area (Å²) in [5.41, 5.74) is 2.09. The van der Waals surface area contributed by atoms with E-state index in [9.17, 15) is 5.11 Å². The van der Waals surface area contributed by atoms with Crippen LogP contribution in [0, 0.1) is 0 Å². The van der Waals surface area contributed by atoms with E-state index in [1.165, 1.54) is 32.1 Å². The third-order valence-electron chi connectivity index (χ3n) is 5.30. The number of hydrogen-bond acceptors (Lipinski definition) is 3. The van der Waals surface area contributed by atoms with Crippen molar-refractivity contribution in [2.45, 2.75) is 50.7 Å². The van der Waals surface area contributed by atoms with E-state index in [0.29, 0.717) is 23.2 Å². The first-order valence-corrected chi connectivity index (χ1v) is 10.1. The molecule has 0 amide bonds. The average molecular weight is 385 g/mol. The first kappa shape index (κ1) is 18.3. The van der Waals surface area contributed by atoms with Crippen molar-refractivity contribution in [2.24, 2.45) is 0 Å². The molecule has 0 saturated heterocycles. The molecular formula is C22H25ClN2O2. The minimum Gasteiger partial charge on any atom is -0.491 e. The van der Waals surface area contributed by atoms with Crippen molar-refractivity contribution in [2.75, 3.05) is 6.61 Å². The van der Waals surface area contributed by atoms with Crippen LogP contribution in [0.4, 0.5) is 0 Å². The fraction of sp³-hybridized carbons (Fsp3) is 0.409. The molecule has 0 bridgehead atoms. The molecule has 4 nitrogen and oxygen atoms in total. The highest BCUT2D eigenvalue weighted by Crippen LogP contribution is 2.34. The Kier molecular flexibility index (Phi) is 5.65. The molecule has 4 rings (SSSR count). The molecule has 27 heavy (non-hydrogen) atoms. The maximum absolute atomic E-state index is 10.6. The number of hydrogen-bond donors (Lipinski definition) is 1. The molecule has 1 saturated carbocycles. The van der Waals surface area contributed by atoms with E-state index < -0.39 is 6.10 Å². The van der Waals surface area contributed by atoms with E-state index in [1.807, 2.05) is 24.3 Å². The lowest BCUT2D eigenvalue weighted by Crippen LogP contribution is -2.25. The molecule has 142 valence electrons. The monoisotopic (exact) mass is 384 g/mol. The molecule has 0 unspecified atom stereocenters. The lowest BCUT2D eigenvalue weighted by molar-refractivity contribution is 0.0922. The zero-order valence-corrected chi connectivity index (χ0v) is 16.1. The molecule has 1 aliphatic carbocycles. The minimum absolute atomic E-state index is 0.234. The minimum atomic E-state index is -0.611. The number of benzene rings is 2. The van der Waals surface area contributed by atoms with Crippen LogP contribution in [-0.4, -0.2) is 27.4 Å². The summed E-state index contributed by atoms with van der Waals surface area (Å²) in [6.07, 6.45) is 5.59. The fourth-order valence-electron chi connectivity index (χ4n) is 3.95. The van der Waals surface area contributed by atoms with Crippen molar-refractivity contribution in [3.63, 3.8) is 0 Å². The molecular weight excluding hydrogens is 360 g/mol. The van der Waals surface area contributed by atoms with E-state index in [0.717, 1.165) is 16.9 Å². The van der Waals surface area contributed by atoms with Crippen molar-refractivity contribution < 1.29 is 9.84 Å². The van der Waals surface area contributed by atoms with Crippen LogP contribution in [0.1, 0.15) is 43.8 Å². The van der Waals surface area contributed by atoms with E-state index in [4.69, 9.17) is 21.3 Å². The summed E-state index contributed by atoms with van der Waals surface area (Å²) < 4.78 is 7.92. The lowest BCUT2D eigenvalue weighted by atomic mass is 9.88. The van der Waals surface area contributed by atoms with Gasteiger partial charge in [0.05, 0.1) is 17.6 Å². The Bertz CT molecular complexity index is 885. The Morgan fingerprint density at radius 1 is 1.07 bits per heavy atom. The van der Waals surface area contributed by atoms with Gasteiger partial charge in [-0.05, 0) is 49.2 Å². The molecule has 1 aromatic heterocycles. The van der Waals surface area contributed by atoms with Crippen molar-refractivity contribution in [1.82, 2.24) is 9.55 Å². The van der Waals surface area contributed by atoms with Crippen molar-refractivity contribution in [1.29, 1.82) is 0 Å². The Hall–Kier alpha value is -2.04. The second kappa shape index (κ2) is 8.32. The van der Waals surface area contributed by atoms with Gasteiger partial charge in [0, 0.05) is 10.9 Å². The SMILES string of the molecule is O[C@H](COc1ccc(Cl)cc1)Cn1c(C2CCCCC2)nc2ccccc21. The number of aliphatic hydroxyl groups is 1. The smallest absolute Gasteiger partial charge is 0.119 e. The maximum Gasteiger partial charge on any atom is 0.119 e. The number of nitrogens with zero attached hydrogens (tertiary/aromatic N) is 2. The van der Waals surface area contributed by atoms with Crippen LogP contribution in [0.25, 0.3) is 11.0 Å². The van der Waals surface area contributed by atoms with E-state index >= 15 is 0 Å². The van der Waals surface area contributed by atoms with Crippen molar-refractivity contribution in [3.8, 4) is 5.75 Å². The van der Waals surface area contributed by atoms with Crippen LogP contribution in [0.15, 0.2) is 48.5 Å². The molecule has 0 radical (unpaired) electrons. The summed E-state index contributed by atoms with van der Waals surface area (Å²) in [5, 5.41) is 11.3. The third-order valence-corrected chi connectivity index (χ3v) is 5.56.